The fraction of sp³-hybridized carbons (Fsp3) is 0.250. The Balaban J connectivity index is 1.90. The topological polar surface area (TPSA) is 83.9 Å². The predicted molar refractivity (Wildman–Crippen MR) is 72.6 cm³/mol. The molecule has 0 aliphatic rings. The molecule has 0 bridgehead atoms. The summed E-state index contributed by atoms with van der Waals surface area (Å²) in [7, 11) is 0. The van der Waals surface area contributed by atoms with Crippen LogP contribution in [0.1, 0.15) is 12.7 Å². The molecule has 2 amide bonds. The third-order valence-electron chi connectivity index (χ3n) is 2.47. The second-order valence-corrected chi connectivity index (χ2v) is 4.01. The van der Waals surface area contributed by atoms with Crippen molar-refractivity contribution in [2.75, 3.05) is 10.7 Å². The molecule has 0 spiro atoms. The van der Waals surface area contributed by atoms with Crippen molar-refractivity contribution in [1.29, 1.82) is 0 Å². The summed E-state index contributed by atoms with van der Waals surface area (Å²) in [6, 6.07) is 5.11. The molecule has 0 unspecified atom stereocenters. The van der Waals surface area contributed by atoms with Crippen LogP contribution in [0.2, 0.25) is 0 Å². The molecule has 2 rings (SSSR count). The molecular formula is C12H15FN6O. The number of aryl methyl sites for hydroxylation is 2. The minimum absolute atomic E-state index is 0.341. The number of anilines is 2. The number of carbonyl (C=O) groups is 1. The molecule has 106 valence electrons. The summed E-state index contributed by atoms with van der Waals surface area (Å²) >= 11 is 0. The van der Waals surface area contributed by atoms with Crippen LogP contribution < -0.4 is 16.2 Å². The van der Waals surface area contributed by atoms with Gasteiger partial charge in [-0.15, -0.1) is 0 Å². The molecule has 2 aromatic rings. The van der Waals surface area contributed by atoms with E-state index in [1.54, 1.807) is 11.6 Å². The molecule has 3 N–H and O–H groups in total. The van der Waals surface area contributed by atoms with Gasteiger partial charge in [0.15, 0.2) is 0 Å². The number of urea groups is 1. The molecule has 20 heavy (non-hydrogen) atoms. The highest BCUT2D eigenvalue weighted by atomic mass is 19.1. The number of hydrogen-bond acceptors (Lipinski definition) is 4. The highest BCUT2D eigenvalue weighted by Gasteiger charge is 2.09. The number of nitrogens with one attached hydrogen (secondary N) is 3. The molecule has 1 aromatic heterocycles. The second kappa shape index (κ2) is 6.00. The van der Waals surface area contributed by atoms with Crippen molar-refractivity contribution in [2.45, 2.75) is 20.4 Å². The molecule has 0 saturated heterocycles. The first-order valence-electron chi connectivity index (χ1n) is 6.08. The van der Waals surface area contributed by atoms with Crippen LogP contribution in [0.25, 0.3) is 0 Å². The zero-order valence-electron chi connectivity index (χ0n) is 11.1. The Hall–Kier alpha value is -2.64. The molecule has 7 nitrogen and oxygen atoms in total. The lowest BCUT2D eigenvalue weighted by molar-refractivity contribution is 0.253. The number of amides is 2. The summed E-state index contributed by atoms with van der Waals surface area (Å²) in [6.07, 6.45) is 0. The number of carbonyl (C=O) groups excluding carboxylic acids is 1. The number of hydrogen-bond donors (Lipinski definition) is 3. The lowest BCUT2D eigenvalue weighted by atomic mass is 10.3. The molecule has 8 heteroatoms. The van der Waals surface area contributed by atoms with E-state index in [2.05, 4.69) is 26.3 Å². The molecule has 0 saturated carbocycles. The summed E-state index contributed by atoms with van der Waals surface area (Å²) in [5.41, 5.74) is 5.64. The second-order valence-electron chi connectivity index (χ2n) is 4.01. The SMILES string of the molecule is CCn1nc(C)nc1NC(=O)NNc1ccc(F)cc1. The average molecular weight is 278 g/mol. The first kappa shape index (κ1) is 13.8. The Labute approximate surface area is 115 Å². The van der Waals surface area contributed by atoms with Crippen molar-refractivity contribution in [3.63, 3.8) is 0 Å². The molecular weight excluding hydrogens is 263 g/mol. The van der Waals surface area contributed by atoms with Gasteiger partial charge in [-0.1, -0.05) is 0 Å². The van der Waals surface area contributed by atoms with Gasteiger partial charge >= 0.3 is 6.03 Å². The van der Waals surface area contributed by atoms with Gasteiger partial charge in [0.25, 0.3) is 0 Å². The van der Waals surface area contributed by atoms with Gasteiger partial charge in [0.1, 0.15) is 11.6 Å². The zero-order valence-corrected chi connectivity index (χ0v) is 11.1. The Morgan fingerprint density at radius 1 is 1.35 bits per heavy atom. The van der Waals surface area contributed by atoms with Gasteiger partial charge in [-0.2, -0.15) is 10.1 Å². The van der Waals surface area contributed by atoms with Crippen LogP contribution >= 0.6 is 0 Å². The Morgan fingerprint density at radius 2 is 2.05 bits per heavy atom. The fourth-order valence-electron chi connectivity index (χ4n) is 1.56. The van der Waals surface area contributed by atoms with Crippen LogP contribution in [0.3, 0.4) is 0 Å². The molecule has 0 aliphatic carbocycles. The van der Waals surface area contributed by atoms with Crippen LogP contribution in [-0.4, -0.2) is 20.8 Å². The average Bonchev–Trinajstić information content (AvgIpc) is 2.78. The van der Waals surface area contributed by atoms with Crippen molar-refractivity contribution in [1.82, 2.24) is 20.2 Å². The monoisotopic (exact) mass is 278 g/mol. The molecule has 1 heterocycles. The Bertz CT molecular complexity index is 594. The summed E-state index contributed by atoms with van der Waals surface area (Å²) in [6.45, 7) is 4.24. The van der Waals surface area contributed by atoms with Crippen molar-refractivity contribution in [3.05, 3.63) is 35.9 Å². The molecule has 1 aromatic carbocycles. The molecule has 0 fully saturated rings. The lowest BCUT2D eigenvalue weighted by Gasteiger charge is -2.09. The van der Waals surface area contributed by atoms with Crippen LogP contribution in [0.5, 0.6) is 0 Å². The van der Waals surface area contributed by atoms with Gasteiger partial charge in [0, 0.05) is 6.54 Å². The number of aromatic nitrogens is 3. The van der Waals surface area contributed by atoms with Crippen molar-refractivity contribution in [2.24, 2.45) is 0 Å². The van der Waals surface area contributed by atoms with E-state index >= 15 is 0 Å². The van der Waals surface area contributed by atoms with Gasteiger partial charge < -0.3 is 0 Å². The summed E-state index contributed by atoms with van der Waals surface area (Å²) in [5.74, 6) is 0.601. The van der Waals surface area contributed by atoms with E-state index < -0.39 is 6.03 Å². The number of nitrogens with zero attached hydrogens (tertiary/aromatic N) is 3. The predicted octanol–water partition coefficient (Wildman–Crippen LogP) is 1.89. The van der Waals surface area contributed by atoms with E-state index in [0.717, 1.165) is 0 Å². The van der Waals surface area contributed by atoms with E-state index in [1.165, 1.54) is 24.3 Å². The number of hydrazine groups is 1. The van der Waals surface area contributed by atoms with Crippen molar-refractivity contribution in [3.8, 4) is 0 Å². The minimum Gasteiger partial charge on any atom is -0.297 e. The van der Waals surface area contributed by atoms with Gasteiger partial charge in [0.2, 0.25) is 5.95 Å². The lowest BCUT2D eigenvalue weighted by Crippen LogP contribution is -2.34. The van der Waals surface area contributed by atoms with Gasteiger partial charge in [0.05, 0.1) is 5.69 Å². The summed E-state index contributed by atoms with van der Waals surface area (Å²) < 4.78 is 14.3. The molecule has 0 aliphatic heterocycles. The van der Waals surface area contributed by atoms with Crippen molar-refractivity contribution < 1.29 is 9.18 Å². The maximum atomic E-state index is 12.7. The van der Waals surface area contributed by atoms with E-state index in [-0.39, 0.29) is 5.82 Å². The van der Waals surface area contributed by atoms with E-state index in [4.69, 9.17) is 0 Å². The van der Waals surface area contributed by atoms with E-state index in [9.17, 15) is 9.18 Å². The smallest absolute Gasteiger partial charge is 0.297 e. The van der Waals surface area contributed by atoms with E-state index in [1.807, 2.05) is 6.92 Å². The zero-order chi connectivity index (χ0) is 14.5. The normalized spacial score (nSPS) is 10.2. The number of rotatable bonds is 4. The number of benzene rings is 1. The molecule has 0 radical (unpaired) electrons. The highest BCUT2D eigenvalue weighted by Crippen LogP contribution is 2.07. The van der Waals surface area contributed by atoms with Crippen LogP contribution in [0.15, 0.2) is 24.3 Å². The fourth-order valence-corrected chi connectivity index (χ4v) is 1.56. The van der Waals surface area contributed by atoms with Gasteiger partial charge in [-0.3, -0.25) is 16.2 Å². The first-order chi connectivity index (χ1) is 9.58. The van der Waals surface area contributed by atoms with Crippen LogP contribution in [-0.2, 0) is 6.54 Å². The molecule has 0 atom stereocenters. The Morgan fingerprint density at radius 3 is 2.70 bits per heavy atom. The van der Waals surface area contributed by atoms with Crippen molar-refractivity contribution >= 4 is 17.7 Å². The van der Waals surface area contributed by atoms with Gasteiger partial charge in [-0.05, 0) is 38.1 Å². The van der Waals surface area contributed by atoms with Crippen LogP contribution in [0.4, 0.5) is 20.8 Å². The largest absolute Gasteiger partial charge is 0.340 e. The third kappa shape index (κ3) is 3.44. The maximum absolute atomic E-state index is 12.7. The number of halogens is 1. The summed E-state index contributed by atoms with van der Waals surface area (Å²) in [4.78, 5) is 15.8. The minimum atomic E-state index is -0.489. The highest BCUT2D eigenvalue weighted by molar-refractivity contribution is 5.88. The maximum Gasteiger partial charge on any atom is 0.340 e. The van der Waals surface area contributed by atoms with Gasteiger partial charge in [-0.25, -0.2) is 13.9 Å². The standard InChI is InChI=1S/C12H15FN6O/c1-3-19-11(14-8(2)18-19)15-12(20)17-16-10-6-4-9(13)5-7-10/h4-7,16H,3H2,1-2H3,(H2,14,15,17,18,20). The third-order valence-corrected chi connectivity index (χ3v) is 2.47. The van der Waals surface area contributed by atoms with E-state index in [0.29, 0.717) is 24.0 Å². The Kier molecular flexibility index (Phi) is 4.14. The van der Waals surface area contributed by atoms with Crippen LogP contribution in [0, 0.1) is 12.7 Å². The summed E-state index contributed by atoms with van der Waals surface area (Å²) in [5, 5.41) is 6.68. The quantitative estimate of drug-likeness (QED) is 0.746. The first-order valence-corrected chi connectivity index (χ1v) is 6.08.